The second-order valence-electron chi connectivity index (χ2n) is 4.30. The van der Waals surface area contributed by atoms with Crippen molar-refractivity contribution >= 4 is 44.9 Å². The predicted molar refractivity (Wildman–Crippen MR) is 88.0 cm³/mol. The lowest BCUT2D eigenvalue weighted by molar-refractivity contribution is 0.905. The van der Waals surface area contributed by atoms with E-state index < -0.39 is 0 Å². The van der Waals surface area contributed by atoms with E-state index in [0.29, 0.717) is 5.02 Å². The normalized spacial score (nSPS) is 10.4. The van der Waals surface area contributed by atoms with Crippen LogP contribution in [-0.4, -0.2) is 17.0 Å². The van der Waals surface area contributed by atoms with Crippen molar-refractivity contribution in [1.82, 2.24) is 9.97 Å². The maximum atomic E-state index is 6.11. The first-order valence-corrected chi connectivity index (χ1v) is 7.56. The lowest BCUT2D eigenvalue weighted by Crippen LogP contribution is -2.05. The van der Waals surface area contributed by atoms with Crippen LogP contribution < -0.4 is 10.6 Å². The van der Waals surface area contributed by atoms with E-state index in [2.05, 4.69) is 43.5 Å². The Labute approximate surface area is 132 Å². The third-order valence-electron chi connectivity index (χ3n) is 2.86. The van der Waals surface area contributed by atoms with Gasteiger partial charge in [0, 0.05) is 22.8 Å². The molecule has 20 heavy (non-hydrogen) atoms. The fourth-order valence-corrected chi connectivity index (χ4v) is 2.36. The highest BCUT2D eigenvalue weighted by Crippen LogP contribution is 2.29. The molecule has 4 nitrogen and oxygen atoms in total. The van der Waals surface area contributed by atoms with Gasteiger partial charge in [-0.2, -0.15) is 0 Å². The number of nitrogens with zero attached hydrogens (tertiary/aromatic N) is 2. The highest BCUT2D eigenvalue weighted by Gasteiger charge is 2.10. The molecule has 0 amide bonds. The first kappa shape index (κ1) is 15.1. The lowest BCUT2D eigenvalue weighted by Gasteiger charge is -2.14. The van der Waals surface area contributed by atoms with Crippen LogP contribution in [0.2, 0.25) is 5.02 Å². The fraction of sp³-hybridized carbons (Fsp3) is 0.286. The Morgan fingerprint density at radius 2 is 2.00 bits per heavy atom. The van der Waals surface area contributed by atoms with E-state index in [9.17, 15) is 0 Å². The van der Waals surface area contributed by atoms with Crippen molar-refractivity contribution in [3.8, 4) is 0 Å². The van der Waals surface area contributed by atoms with Gasteiger partial charge in [0.15, 0.2) is 0 Å². The Hall–Kier alpha value is -1.33. The van der Waals surface area contributed by atoms with Crippen molar-refractivity contribution < 1.29 is 0 Å². The molecule has 0 saturated carbocycles. The summed E-state index contributed by atoms with van der Waals surface area (Å²) >= 11 is 9.49. The molecule has 1 aromatic carbocycles. The Kier molecular flexibility index (Phi) is 5.20. The van der Waals surface area contributed by atoms with Crippen LogP contribution in [0.1, 0.15) is 18.9 Å². The number of halogens is 2. The van der Waals surface area contributed by atoms with Crippen LogP contribution in [0.15, 0.2) is 29.0 Å². The molecule has 1 aromatic heterocycles. The van der Waals surface area contributed by atoms with Gasteiger partial charge in [0.05, 0.1) is 5.02 Å². The molecule has 0 radical (unpaired) electrons. The first-order chi connectivity index (χ1) is 9.65. The summed E-state index contributed by atoms with van der Waals surface area (Å²) < 4.78 is 0.872. The van der Waals surface area contributed by atoms with Crippen LogP contribution in [0.4, 0.5) is 17.3 Å². The number of rotatable bonds is 5. The van der Waals surface area contributed by atoms with Gasteiger partial charge < -0.3 is 10.6 Å². The van der Waals surface area contributed by atoms with E-state index in [0.717, 1.165) is 40.2 Å². The minimum atomic E-state index is 0.662. The van der Waals surface area contributed by atoms with E-state index in [1.165, 1.54) is 0 Å². The van der Waals surface area contributed by atoms with Crippen molar-refractivity contribution in [1.29, 1.82) is 0 Å². The van der Waals surface area contributed by atoms with E-state index >= 15 is 0 Å². The van der Waals surface area contributed by atoms with Crippen LogP contribution in [0.25, 0.3) is 0 Å². The third kappa shape index (κ3) is 3.41. The maximum absolute atomic E-state index is 6.11. The quantitative estimate of drug-likeness (QED) is 0.821. The molecular weight excluding hydrogens is 340 g/mol. The smallest absolute Gasteiger partial charge is 0.139 e. The Balaban J connectivity index is 2.34. The lowest BCUT2D eigenvalue weighted by atomic mass is 10.1. The molecule has 0 saturated heterocycles. The molecular formula is C14H16BrClN4. The number of anilines is 3. The largest absolute Gasteiger partial charge is 0.373 e. The van der Waals surface area contributed by atoms with Crippen LogP contribution >= 0.6 is 27.5 Å². The summed E-state index contributed by atoms with van der Waals surface area (Å²) in [5, 5.41) is 7.07. The molecule has 0 atom stereocenters. The fourth-order valence-electron chi connectivity index (χ4n) is 1.93. The summed E-state index contributed by atoms with van der Waals surface area (Å²) in [5.74, 6) is 1.66. The van der Waals surface area contributed by atoms with Crippen molar-refractivity contribution in [3.63, 3.8) is 0 Å². The zero-order valence-corrected chi connectivity index (χ0v) is 13.7. The molecule has 1 heterocycles. The molecule has 106 valence electrons. The first-order valence-electron chi connectivity index (χ1n) is 6.39. The van der Waals surface area contributed by atoms with Crippen LogP contribution in [-0.2, 0) is 6.42 Å². The van der Waals surface area contributed by atoms with Gasteiger partial charge in [-0.05, 0) is 40.5 Å². The highest BCUT2D eigenvalue weighted by molar-refractivity contribution is 9.10. The van der Waals surface area contributed by atoms with Gasteiger partial charge in [0.25, 0.3) is 0 Å². The topological polar surface area (TPSA) is 49.8 Å². The molecule has 0 spiro atoms. The van der Waals surface area contributed by atoms with E-state index in [4.69, 9.17) is 11.6 Å². The van der Waals surface area contributed by atoms with Crippen molar-refractivity contribution in [3.05, 3.63) is 39.6 Å². The summed E-state index contributed by atoms with van der Waals surface area (Å²) in [6.45, 7) is 2.13. The predicted octanol–water partition coefficient (Wildman–Crippen LogP) is 4.63. The van der Waals surface area contributed by atoms with Gasteiger partial charge in [-0.25, -0.2) is 9.97 Å². The number of nitrogens with one attached hydrogen (secondary N) is 2. The van der Waals surface area contributed by atoms with Crippen molar-refractivity contribution in [2.24, 2.45) is 0 Å². The molecule has 2 N–H and O–H groups in total. The minimum absolute atomic E-state index is 0.662. The van der Waals surface area contributed by atoms with Crippen molar-refractivity contribution in [2.45, 2.75) is 19.8 Å². The summed E-state index contributed by atoms with van der Waals surface area (Å²) in [6.07, 6.45) is 3.48. The Morgan fingerprint density at radius 3 is 2.65 bits per heavy atom. The zero-order valence-electron chi connectivity index (χ0n) is 11.4. The van der Waals surface area contributed by atoms with Gasteiger partial charge >= 0.3 is 0 Å². The van der Waals surface area contributed by atoms with Crippen molar-refractivity contribution in [2.75, 3.05) is 17.7 Å². The number of hydrogen-bond acceptors (Lipinski definition) is 4. The monoisotopic (exact) mass is 354 g/mol. The van der Waals surface area contributed by atoms with Crippen LogP contribution in [0.3, 0.4) is 0 Å². The van der Waals surface area contributed by atoms with E-state index in [1.54, 1.807) is 6.33 Å². The minimum Gasteiger partial charge on any atom is -0.373 e. The molecule has 0 aliphatic rings. The molecule has 0 fully saturated rings. The van der Waals surface area contributed by atoms with Crippen LogP contribution in [0.5, 0.6) is 0 Å². The number of aromatic nitrogens is 2. The summed E-state index contributed by atoms with van der Waals surface area (Å²) in [4.78, 5) is 8.59. The molecule has 0 unspecified atom stereocenters. The molecule has 0 bridgehead atoms. The molecule has 0 aliphatic heterocycles. The molecule has 6 heteroatoms. The average molecular weight is 356 g/mol. The summed E-state index contributed by atoms with van der Waals surface area (Å²) in [7, 11) is 1.86. The van der Waals surface area contributed by atoms with E-state index in [-0.39, 0.29) is 0 Å². The van der Waals surface area contributed by atoms with Gasteiger partial charge in [0.2, 0.25) is 0 Å². The molecule has 2 rings (SSSR count). The summed E-state index contributed by atoms with van der Waals surface area (Å²) in [6, 6.07) is 5.72. The zero-order chi connectivity index (χ0) is 14.5. The van der Waals surface area contributed by atoms with E-state index in [1.807, 2.05) is 25.2 Å². The van der Waals surface area contributed by atoms with Gasteiger partial charge in [0.1, 0.15) is 18.0 Å². The second-order valence-corrected chi connectivity index (χ2v) is 5.56. The van der Waals surface area contributed by atoms with Gasteiger partial charge in [-0.3, -0.25) is 0 Å². The average Bonchev–Trinajstić information content (AvgIpc) is 2.45. The molecule has 0 aliphatic carbocycles. The summed E-state index contributed by atoms with van der Waals surface area (Å²) in [5.41, 5.74) is 1.98. The Morgan fingerprint density at radius 1 is 1.25 bits per heavy atom. The molecule has 2 aromatic rings. The Bertz CT molecular complexity index is 604. The van der Waals surface area contributed by atoms with Crippen LogP contribution in [0, 0.1) is 0 Å². The highest BCUT2D eigenvalue weighted by atomic mass is 79.9. The number of benzene rings is 1. The SMILES string of the molecule is CCCc1c(NC)ncnc1Nc1ccc(Br)c(Cl)c1. The maximum Gasteiger partial charge on any atom is 0.139 e. The number of hydrogen-bond donors (Lipinski definition) is 2. The third-order valence-corrected chi connectivity index (χ3v) is 4.10. The van der Waals surface area contributed by atoms with Gasteiger partial charge in [-0.1, -0.05) is 24.9 Å². The van der Waals surface area contributed by atoms with Gasteiger partial charge in [-0.15, -0.1) is 0 Å². The standard InChI is InChI=1S/C14H16BrClN4/c1-3-4-10-13(17-2)18-8-19-14(10)20-9-5-6-11(15)12(16)7-9/h5-8H,3-4H2,1-2H3,(H2,17,18,19,20). The second kappa shape index (κ2) is 6.90.